The Hall–Kier alpha value is -4.21. The highest BCUT2D eigenvalue weighted by Crippen LogP contribution is 2.32. The number of aromatic nitrogens is 2. The Morgan fingerprint density at radius 1 is 1.03 bits per heavy atom. The van der Waals surface area contributed by atoms with Crippen LogP contribution in [0, 0.1) is 6.92 Å². The van der Waals surface area contributed by atoms with E-state index < -0.39 is 35.2 Å². The second-order valence-corrected chi connectivity index (χ2v) is 7.01. The summed E-state index contributed by atoms with van der Waals surface area (Å²) in [6.07, 6.45) is -0.428. The minimum Gasteiger partial charge on any atom is -0.273 e. The summed E-state index contributed by atoms with van der Waals surface area (Å²) in [7, 11) is 0. The highest BCUT2D eigenvalue weighted by molar-refractivity contribution is 6.39. The highest BCUT2D eigenvalue weighted by atomic mass is 19.4. The molecule has 1 aromatic heterocycles. The lowest BCUT2D eigenvalue weighted by Gasteiger charge is -2.26. The van der Waals surface area contributed by atoms with Gasteiger partial charge in [-0.1, -0.05) is 24.3 Å². The van der Waals surface area contributed by atoms with Crippen molar-refractivity contribution in [3.63, 3.8) is 0 Å². The average molecular weight is 440 g/mol. The molecule has 10 heteroatoms. The zero-order valence-corrected chi connectivity index (χ0v) is 16.6. The van der Waals surface area contributed by atoms with Crippen LogP contribution in [-0.4, -0.2) is 27.6 Å². The number of benzene rings is 2. The summed E-state index contributed by atoms with van der Waals surface area (Å²) in [5, 5.41) is 6.20. The maximum absolute atomic E-state index is 13.0. The van der Waals surface area contributed by atoms with E-state index in [1.165, 1.54) is 18.3 Å². The molecule has 0 spiro atoms. The highest BCUT2D eigenvalue weighted by Gasteiger charge is 2.38. The van der Waals surface area contributed by atoms with Gasteiger partial charge in [0.1, 0.15) is 5.57 Å². The van der Waals surface area contributed by atoms with Gasteiger partial charge >= 0.3 is 12.2 Å². The molecule has 4 amide bonds. The number of barbiturate groups is 1. The Morgan fingerprint density at radius 2 is 1.78 bits per heavy atom. The third-order valence-electron chi connectivity index (χ3n) is 4.81. The van der Waals surface area contributed by atoms with Crippen LogP contribution >= 0.6 is 0 Å². The molecule has 2 aromatic carbocycles. The van der Waals surface area contributed by atoms with Gasteiger partial charge in [-0.2, -0.15) is 18.3 Å². The van der Waals surface area contributed by atoms with E-state index in [4.69, 9.17) is 0 Å². The molecule has 1 saturated heterocycles. The predicted molar refractivity (Wildman–Crippen MR) is 109 cm³/mol. The van der Waals surface area contributed by atoms with Crippen molar-refractivity contribution in [3.05, 3.63) is 83.2 Å². The molecule has 0 aliphatic carbocycles. The summed E-state index contributed by atoms with van der Waals surface area (Å²) in [6.45, 7) is 1.89. The number of urea groups is 1. The van der Waals surface area contributed by atoms with Gasteiger partial charge in [-0.15, -0.1) is 0 Å². The number of para-hydroxylation sites is 1. The molecule has 1 fully saturated rings. The van der Waals surface area contributed by atoms with Gasteiger partial charge in [0.2, 0.25) is 0 Å². The third kappa shape index (κ3) is 3.89. The summed E-state index contributed by atoms with van der Waals surface area (Å²) in [4.78, 5) is 38.0. The standard InChI is InChI=1S/C22H15F3N4O3/c1-13-5-2-3-8-18(13)28-12-14(11-26-28)9-17-19(30)27-21(32)29(20(17)31)16-7-4-6-15(10-16)22(23,24)25/h2-12H,1H3,(H,27,30,32). The van der Waals surface area contributed by atoms with Crippen molar-refractivity contribution in [2.45, 2.75) is 13.1 Å². The maximum Gasteiger partial charge on any atom is 0.416 e. The SMILES string of the molecule is Cc1ccccc1-n1cc(C=C2C(=O)NC(=O)N(c3cccc(C(F)(F)F)c3)C2=O)cn1. The van der Waals surface area contributed by atoms with E-state index in [9.17, 15) is 27.6 Å². The molecule has 7 nitrogen and oxygen atoms in total. The normalized spacial score (nSPS) is 15.9. The summed E-state index contributed by atoms with van der Waals surface area (Å²) in [6, 6.07) is 10.0. The van der Waals surface area contributed by atoms with Crippen molar-refractivity contribution in [2.24, 2.45) is 0 Å². The minimum absolute atomic E-state index is 0.309. The van der Waals surface area contributed by atoms with Gasteiger partial charge in [0, 0.05) is 11.8 Å². The van der Waals surface area contributed by atoms with Gasteiger partial charge in [0.15, 0.2) is 0 Å². The number of imide groups is 2. The molecule has 2 heterocycles. The monoisotopic (exact) mass is 440 g/mol. The minimum atomic E-state index is -4.66. The molecular weight excluding hydrogens is 425 g/mol. The van der Waals surface area contributed by atoms with E-state index >= 15 is 0 Å². The van der Waals surface area contributed by atoms with E-state index in [-0.39, 0.29) is 5.69 Å². The Balaban J connectivity index is 1.69. The second-order valence-electron chi connectivity index (χ2n) is 7.01. The van der Waals surface area contributed by atoms with Crippen molar-refractivity contribution in [1.82, 2.24) is 15.1 Å². The van der Waals surface area contributed by atoms with Crippen LogP contribution in [0.3, 0.4) is 0 Å². The summed E-state index contributed by atoms with van der Waals surface area (Å²) in [5.74, 6) is -1.99. The zero-order chi connectivity index (χ0) is 23.0. The topological polar surface area (TPSA) is 84.3 Å². The average Bonchev–Trinajstić information content (AvgIpc) is 3.19. The molecule has 0 radical (unpaired) electrons. The van der Waals surface area contributed by atoms with Crippen molar-refractivity contribution < 1.29 is 27.6 Å². The van der Waals surface area contributed by atoms with Gasteiger partial charge in [0.05, 0.1) is 23.1 Å². The first-order valence-electron chi connectivity index (χ1n) is 9.34. The Labute approximate surface area is 179 Å². The number of alkyl halides is 3. The van der Waals surface area contributed by atoms with E-state index in [1.807, 2.05) is 36.5 Å². The number of halogens is 3. The maximum atomic E-state index is 13.0. The van der Waals surface area contributed by atoms with Crippen LogP contribution < -0.4 is 10.2 Å². The lowest BCUT2D eigenvalue weighted by atomic mass is 10.1. The largest absolute Gasteiger partial charge is 0.416 e. The van der Waals surface area contributed by atoms with Crippen molar-refractivity contribution in [3.8, 4) is 5.69 Å². The Morgan fingerprint density at radius 3 is 2.50 bits per heavy atom. The zero-order valence-electron chi connectivity index (χ0n) is 16.6. The van der Waals surface area contributed by atoms with E-state index in [1.54, 1.807) is 10.9 Å². The van der Waals surface area contributed by atoms with Crippen molar-refractivity contribution in [1.29, 1.82) is 0 Å². The number of amides is 4. The molecule has 1 N–H and O–H groups in total. The number of anilines is 1. The number of hydrogen-bond acceptors (Lipinski definition) is 4. The number of carbonyl (C=O) groups is 3. The molecule has 3 aromatic rings. The second kappa shape index (κ2) is 7.80. The molecule has 0 atom stereocenters. The van der Waals surface area contributed by atoms with Crippen molar-refractivity contribution in [2.75, 3.05) is 4.90 Å². The van der Waals surface area contributed by atoms with Gasteiger partial charge in [-0.05, 0) is 42.8 Å². The number of carbonyl (C=O) groups excluding carboxylic acids is 3. The fraction of sp³-hybridized carbons (Fsp3) is 0.0909. The molecule has 1 aliphatic rings. The van der Waals surface area contributed by atoms with Gasteiger partial charge in [0.25, 0.3) is 11.8 Å². The van der Waals surface area contributed by atoms with E-state index in [0.29, 0.717) is 16.5 Å². The quantitative estimate of drug-likeness (QED) is 0.495. The first-order chi connectivity index (χ1) is 15.1. The van der Waals surface area contributed by atoms with Crippen LogP contribution in [0.1, 0.15) is 16.7 Å². The van der Waals surface area contributed by atoms with E-state index in [0.717, 1.165) is 23.4 Å². The van der Waals surface area contributed by atoms with Crippen LogP contribution in [0.15, 0.2) is 66.5 Å². The van der Waals surface area contributed by atoms with Crippen LogP contribution in [0.5, 0.6) is 0 Å². The van der Waals surface area contributed by atoms with E-state index in [2.05, 4.69) is 5.10 Å². The number of nitrogens with zero attached hydrogens (tertiary/aromatic N) is 3. The molecule has 32 heavy (non-hydrogen) atoms. The Bertz CT molecular complexity index is 1280. The number of nitrogens with one attached hydrogen (secondary N) is 1. The van der Waals surface area contributed by atoms with Crippen LogP contribution in [0.4, 0.5) is 23.7 Å². The first kappa shape index (κ1) is 21.0. The summed E-state index contributed by atoms with van der Waals surface area (Å²) >= 11 is 0. The fourth-order valence-corrected chi connectivity index (χ4v) is 3.24. The van der Waals surface area contributed by atoms with Gasteiger partial charge < -0.3 is 0 Å². The lowest BCUT2D eigenvalue weighted by Crippen LogP contribution is -2.54. The third-order valence-corrected chi connectivity index (χ3v) is 4.81. The number of rotatable bonds is 3. The summed E-state index contributed by atoms with van der Waals surface area (Å²) in [5.41, 5.74) is 0.380. The fourth-order valence-electron chi connectivity index (χ4n) is 3.24. The molecule has 0 unspecified atom stereocenters. The van der Waals surface area contributed by atoms with Gasteiger partial charge in [-0.25, -0.2) is 14.4 Å². The van der Waals surface area contributed by atoms with Gasteiger partial charge in [-0.3, -0.25) is 14.9 Å². The Kier molecular flexibility index (Phi) is 5.13. The molecule has 0 saturated carbocycles. The molecule has 162 valence electrons. The molecule has 4 rings (SSSR count). The molecular formula is C22H15F3N4O3. The number of aryl methyl sites for hydroxylation is 1. The lowest BCUT2D eigenvalue weighted by molar-refractivity contribution is -0.137. The predicted octanol–water partition coefficient (Wildman–Crippen LogP) is 3.87. The van der Waals surface area contributed by atoms with Crippen LogP contribution in [0.2, 0.25) is 0 Å². The van der Waals surface area contributed by atoms with Crippen LogP contribution in [-0.2, 0) is 15.8 Å². The number of hydrogen-bond donors (Lipinski definition) is 1. The smallest absolute Gasteiger partial charge is 0.273 e. The summed E-state index contributed by atoms with van der Waals surface area (Å²) < 4.78 is 40.7. The van der Waals surface area contributed by atoms with Crippen molar-refractivity contribution >= 4 is 29.6 Å². The molecule has 0 bridgehead atoms. The molecule has 1 aliphatic heterocycles. The van der Waals surface area contributed by atoms with Crippen LogP contribution in [0.25, 0.3) is 11.8 Å². The first-order valence-corrected chi connectivity index (χ1v) is 9.34.